The van der Waals surface area contributed by atoms with Gasteiger partial charge in [0.2, 0.25) is 0 Å². The third-order valence-corrected chi connectivity index (χ3v) is 3.62. The third kappa shape index (κ3) is 2.40. The summed E-state index contributed by atoms with van der Waals surface area (Å²) in [6.45, 7) is 0. The van der Waals surface area contributed by atoms with Crippen molar-refractivity contribution >= 4 is 51.5 Å². The highest BCUT2D eigenvalue weighted by atomic mass is 127. The molecule has 0 bridgehead atoms. The maximum absolute atomic E-state index is 11.3. The van der Waals surface area contributed by atoms with Crippen LogP contribution in [0.4, 0.5) is 0 Å². The summed E-state index contributed by atoms with van der Waals surface area (Å²) in [5.74, 6) is -0.253. The molecule has 0 spiro atoms. The Morgan fingerprint density at radius 3 is 2.73 bits per heavy atom. The quantitative estimate of drug-likeness (QED) is 0.635. The lowest BCUT2D eigenvalue weighted by Crippen LogP contribution is -2.01. The zero-order chi connectivity index (χ0) is 10.8. The van der Waals surface area contributed by atoms with Gasteiger partial charge in [0.1, 0.15) is 0 Å². The molecular formula is C10H7IN2OS. The average molecular weight is 330 g/mol. The number of hydrogen-bond acceptors (Lipinski definition) is 3. The van der Waals surface area contributed by atoms with Crippen molar-refractivity contribution in [1.82, 2.24) is 0 Å². The van der Waals surface area contributed by atoms with Crippen LogP contribution in [0.3, 0.4) is 0 Å². The van der Waals surface area contributed by atoms with E-state index in [1.807, 2.05) is 30.3 Å². The molecule has 0 unspecified atom stereocenters. The normalized spacial score (nSPS) is 18.3. The Hall–Kier alpha value is -0.820. The molecule has 1 aliphatic rings. The summed E-state index contributed by atoms with van der Waals surface area (Å²) in [5, 5.41) is 0.317. The fourth-order valence-corrected chi connectivity index (χ4v) is 2.37. The molecule has 0 fully saturated rings. The zero-order valence-corrected chi connectivity index (χ0v) is 10.6. The summed E-state index contributed by atoms with van der Waals surface area (Å²) in [6, 6.07) is 7.83. The average Bonchev–Trinajstić information content (AvgIpc) is 2.49. The lowest BCUT2D eigenvalue weighted by Gasteiger charge is -1.98. The van der Waals surface area contributed by atoms with Gasteiger partial charge in [0, 0.05) is 3.57 Å². The molecule has 1 aromatic carbocycles. The molecule has 2 rings (SSSR count). The molecular weight excluding hydrogens is 323 g/mol. The van der Waals surface area contributed by atoms with Crippen molar-refractivity contribution in [2.45, 2.75) is 0 Å². The highest BCUT2D eigenvalue weighted by Crippen LogP contribution is 2.27. The van der Waals surface area contributed by atoms with E-state index >= 15 is 0 Å². The molecule has 0 atom stereocenters. The Kier molecular flexibility index (Phi) is 3.11. The number of nitrogens with two attached hydrogens (primary N) is 1. The summed E-state index contributed by atoms with van der Waals surface area (Å²) in [7, 11) is 0. The first-order chi connectivity index (χ1) is 7.16. The van der Waals surface area contributed by atoms with E-state index in [1.54, 1.807) is 0 Å². The second-order valence-electron chi connectivity index (χ2n) is 2.89. The van der Waals surface area contributed by atoms with E-state index in [-0.39, 0.29) is 5.91 Å². The summed E-state index contributed by atoms with van der Waals surface area (Å²) in [4.78, 5) is 15.6. The molecule has 1 aromatic rings. The number of amidine groups is 1. The number of hydrogen-bond donors (Lipinski definition) is 1. The fourth-order valence-electron chi connectivity index (χ4n) is 1.16. The lowest BCUT2D eigenvalue weighted by atomic mass is 10.2. The molecule has 1 aliphatic heterocycles. The highest BCUT2D eigenvalue weighted by molar-refractivity contribution is 14.1. The van der Waals surface area contributed by atoms with E-state index in [0.717, 1.165) is 9.13 Å². The lowest BCUT2D eigenvalue weighted by molar-refractivity contribution is -0.113. The molecule has 15 heavy (non-hydrogen) atoms. The molecule has 1 amide bonds. The summed E-state index contributed by atoms with van der Waals surface area (Å²) >= 11 is 3.44. The van der Waals surface area contributed by atoms with Crippen LogP contribution in [0.2, 0.25) is 0 Å². The molecule has 3 nitrogen and oxygen atoms in total. The van der Waals surface area contributed by atoms with E-state index in [4.69, 9.17) is 5.73 Å². The van der Waals surface area contributed by atoms with Crippen LogP contribution in [-0.2, 0) is 4.79 Å². The van der Waals surface area contributed by atoms with Crippen molar-refractivity contribution < 1.29 is 4.79 Å². The minimum absolute atomic E-state index is 0.253. The minimum atomic E-state index is -0.253. The molecule has 0 aliphatic carbocycles. The molecule has 0 saturated heterocycles. The topological polar surface area (TPSA) is 55.4 Å². The number of amides is 1. The first kappa shape index (κ1) is 10.7. The molecule has 5 heteroatoms. The molecule has 76 valence electrons. The predicted octanol–water partition coefficient (Wildman–Crippen LogP) is 2.22. The van der Waals surface area contributed by atoms with Crippen LogP contribution in [0.5, 0.6) is 0 Å². The van der Waals surface area contributed by atoms with Gasteiger partial charge >= 0.3 is 0 Å². The Morgan fingerprint density at radius 2 is 2.13 bits per heavy atom. The smallest absolute Gasteiger partial charge is 0.286 e. The minimum Gasteiger partial charge on any atom is -0.378 e. The summed E-state index contributed by atoms with van der Waals surface area (Å²) in [5.41, 5.74) is 6.47. The van der Waals surface area contributed by atoms with Gasteiger partial charge < -0.3 is 5.73 Å². The van der Waals surface area contributed by atoms with E-state index in [1.165, 1.54) is 11.8 Å². The largest absolute Gasteiger partial charge is 0.378 e. The third-order valence-electron chi connectivity index (χ3n) is 1.83. The van der Waals surface area contributed by atoms with Crippen LogP contribution >= 0.6 is 34.4 Å². The number of halogens is 1. The number of carbonyl (C=O) groups excluding carboxylic acids is 1. The van der Waals surface area contributed by atoms with Crippen molar-refractivity contribution in [3.8, 4) is 0 Å². The van der Waals surface area contributed by atoms with E-state index in [9.17, 15) is 4.79 Å². The Morgan fingerprint density at radius 1 is 1.40 bits per heavy atom. The molecule has 1 heterocycles. The predicted molar refractivity (Wildman–Crippen MR) is 71.4 cm³/mol. The van der Waals surface area contributed by atoms with Crippen molar-refractivity contribution in [3.63, 3.8) is 0 Å². The fraction of sp³-hybridized carbons (Fsp3) is 0. The first-order valence-corrected chi connectivity index (χ1v) is 6.09. The Bertz CT molecular complexity index is 482. The number of aliphatic imine (C=N–C) groups is 1. The van der Waals surface area contributed by atoms with Gasteiger partial charge in [-0.3, -0.25) is 4.79 Å². The van der Waals surface area contributed by atoms with Gasteiger partial charge in [-0.15, -0.1) is 0 Å². The van der Waals surface area contributed by atoms with Gasteiger partial charge in [0.05, 0.1) is 4.91 Å². The van der Waals surface area contributed by atoms with Crippen molar-refractivity contribution in [3.05, 3.63) is 38.3 Å². The number of carbonyl (C=O) groups is 1. The molecule has 0 saturated carbocycles. The monoisotopic (exact) mass is 330 g/mol. The van der Waals surface area contributed by atoms with Gasteiger partial charge in [0.25, 0.3) is 5.91 Å². The van der Waals surface area contributed by atoms with E-state index in [2.05, 4.69) is 27.6 Å². The van der Waals surface area contributed by atoms with Crippen LogP contribution in [0.1, 0.15) is 5.56 Å². The standard InChI is InChI=1S/C10H7IN2OS/c11-7-4-2-1-3-6(7)5-8-9(14)13-10(12)15-8/h1-5H,(H2,12,13,14)/b8-5-. The summed E-state index contributed by atoms with van der Waals surface area (Å²) in [6.07, 6.45) is 1.82. The van der Waals surface area contributed by atoms with Crippen molar-refractivity contribution in [2.24, 2.45) is 10.7 Å². The Labute approximate surface area is 105 Å². The number of rotatable bonds is 1. The second kappa shape index (κ2) is 4.36. The van der Waals surface area contributed by atoms with Crippen LogP contribution in [0.15, 0.2) is 34.2 Å². The number of nitrogens with zero attached hydrogens (tertiary/aromatic N) is 1. The van der Waals surface area contributed by atoms with Crippen LogP contribution < -0.4 is 5.73 Å². The molecule has 0 aromatic heterocycles. The van der Waals surface area contributed by atoms with Crippen LogP contribution in [0, 0.1) is 3.57 Å². The van der Waals surface area contributed by atoms with E-state index < -0.39 is 0 Å². The zero-order valence-electron chi connectivity index (χ0n) is 7.61. The van der Waals surface area contributed by atoms with E-state index in [0.29, 0.717) is 10.1 Å². The maximum Gasteiger partial charge on any atom is 0.286 e. The number of thioether (sulfide) groups is 1. The molecule has 0 radical (unpaired) electrons. The Balaban J connectivity index is 2.33. The molecule has 2 N–H and O–H groups in total. The SMILES string of the molecule is NC1=NC(=O)/C(=C/c2ccccc2I)S1. The maximum atomic E-state index is 11.3. The number of benzene rings is 1. The van der Waals surface area contributed by atoms with Gasteiger partial charge in [0.15, 0.2) is 5.17 Å². The summed E-state index contributed by atoms with van der Waals surface area (Å²) < 4.78 is 1.10. The van der Waals surface area contributed by atoms with Gasteiger partial charge in [-0.05, 0) is 52.1 Å². The van der Waals surface area contributed by atoms with Gasteiger partial charge in [-0.1, -0.05) is 18.2 Å². The van der Waals surface area contributed by atoms with Crippen LogP contribution in [-0.4, -0.2) is 11.1 Å². The van der Waals surface area contributed by atoms with Gasteiger partial charge in [-0.25, -0.2) is 0 Å². The highest BCUT2D eigenvalue weighted by Gasteiger charge is 2.19. The van der Waals surface area contributed by atoms with Gasteiger partial charge in [-0.2, -0.15) is 4.99 Å². The van der Waals surface area contributed by atoms with Crippen LogP contribution in [0.25, 0.3) is 6.08 Å². The second-order valence-corrected chi connectivity index (χ2v) is 5.11. The van der Waals surface area contributed by atoms with Crippen molar-refractivity contribution in [2.75, 3.05) is 0 Å². The van der Waals surface area contributed by atoms with Crippen molar-refractivity contribution in [1.29, 1.82) is 0 Å². The first-order valence-electron chi connectivity index (χ1n) is 4.19.